The van der Waals surface area contributed by atoms with E-state index in [1.807, 2.05) is 51.1 Å². The van der Waals surface area contributed by atoms with Crippen molar-refractivity contribution in [2.45, 2.75) is 52.2 Å². The van der Waals surface area contributed by atoms with Gasteiger partial charge in [-0.15, -0.1) is 0 Å². The average molecular weight is 571 g/mol. The minimum Gasteiger partial charge on any atom is -0.496 e. The Labute approximate surface area is 247 Å². The van der Waals surface area contributed by atoms with Gasteiger partial charge in [0.2, 0.25) is 0 Å². The number of rotatable bonds is 13. The van der Waals surface area contributed by atoms with E-state index in [0.717, 1.165) is 29.5 Å². The molecule has 0 fully saturated rings. The van der Waals surface area contributed by atoms with Gasteiger partial charge in [-0.2, -0.15) is 0 Å². The molecule has 2 N–H and O–H groups in total. The van der Waals surface area contributed by atoms with Gasteiger partial charge in [0.15, 0.2) is 0 Å². The Morgan fingerprint density at radius 2 is 1.43 bits per heavy atom. The number of carbonyl (C=O) groups is 1. The van der Waals surface area contributed by atoms with E-state index in [2.05, 4.69) is 12.1 Å². The lowest BCUT2D eigenvalue weighted by atomic mass is 9.97. The van der Waals surface area contributed by atoms with Crippen LogP contribution in [0.2, 0.25) is 0 Å². The van der Waals surface area contributed by atoms with Crippen LogP contribution in [0.1, 0.15) is 57.1 Å². The number of aliphatic hydroxyl groups excluding tert-OH is 1. The van der Waals surface area contributed by atoms with E-state index in [1.165, 1.54) is 5.56 Å². The molecule has 42 heavy (non-hydrogen) atoms. The summed E-state index contributed by atoms with van der Waals surface area (Å²) in [6, 6.07) is 24.1. The van der Waals surface area contributed by atoms with E-state index in [9.17, 15) is 15.0 Å². The van der Waals surface area contributed by atoms with Crippen LogP contribution in [0.15, 0.2) is 78.9 Å². The van der Waals surface area contributed by atoms with Gasteiger partial charge >= 0.3 is 5.97 Å². The van der Waals surface area contributed by atoms with Crippen LogP contribution in [0.5, 0.6) is 28.7 Å². The highest BCUT2D eigenvalue weighted by Crippen LogP contribution is 2.36. The standard InChI is InChI=1S/C35H38O7/c1-22-14-19-29(35(37)38)34(23(22)2)42-28-17-15-27(16-18-28)41-30(13-9-12-25-10-7-6-8-11-25)33(36)26-20-31(39-4)24(3)32(21-26)40-5/h6-8,10-11,14-21,30,33,36H,9,12-13H2,1-5H3,(H,37,38)/t30-,33+/m0/s1. The third kappa shape index (κ3) is 7.22. The SMILES string of the molecule is COc1cc([C@@H](O)[C@H](CCCc2ccccc2)Oc2ccc(Oc3c(C(=O)O)ccc(C)c3C)cc2)cc(OC)c1C. The fourth-order valence-electron chi connectivity index (χ4n) is 4.89. The maximum atomic E-state index is 11.8. The Balaban J connectivity index is 1.57. The molecular formula is C35H38O7. The van der Waals surface area contributed by atoms with Gasteiger partial charge in [-0.05, 0) is 105 Å². The van der Waals surface area contributed by atoms with Crippen molar-refractivity contribution in [3.63, 3.8) is 0 Å². The van der Waals surface area contributed by atoms with Gasteiger partial charge in [0.05, 0.1) is 14.2 Å². The van der Waals surface area contributed by atoms with Crippen molar-refractivity contribution in [3.05, 3.63) is 112 Å². The van der Waals surface area contributed by atoms with Crippen LogP contribution in [-0.4, -0.2) is 36.5 Å². The predicted octanol–water partition coefficient (Wildman–Crippen LogP) is 7.62. The minimum atomic E-state index is -1.05. The average Bonchev–Trinajstić information content (AvgIpc) is 3.00. The van der Waals surface area contributed by atoms with Crippen LogP contribution >= 0.6 is 0 Å². The van der Waals surface area contributed by atoms with Crippen molar-refractivity contribution < 1.29 is 34.0 Å². The quantitative estimate of drug-likeness (QED) is 0.171. The van der Waals surface area contributed by atoms with Crippen LogP contribution in [0, 0.1) is 20.8 Å². The number of hydrogen-bond donors (Lipinski definition) is 2. The smallest absolute Gasteiger partial charge is 0.339 e. The summed E-state index contributed by atoms with van der Waals surface area (Å²) in [6.07, 6.45) is 0.737. The summed E-state index contributed by atoms with van der Waals surface area (Å²) in [5.41, 5.74) is 4.51. The van der Waals surface area contributed by atoms with Gasteiger partial charge in [0.25, 0.3) is 0 Å². The monoisotopic (exact) mass is 570 g/mol. The Bertz CT molecular complexity index is 1470. The zero-order valence-corrected chi connectivity index (χ0v) is 24.7. The first kappa shape index (κ1) is 30.5. The van der Waals surface area contributed by atoms with E-state index < -0.39 is 18.2 Å². The molecule has 2 atom stereocenters. The van der Waals surface area contributed by atoms with Gasteiger partial charge in [-0.1, -0.05) is 36.4 Å². The molecule has 7 nitrogen and oxygen atoms in total. The Morgan fingerprint density at radius 1 is 0.810 bits per heavy atom. The summed E-state index contributed by atoms with van der Waals surface area (Å²) in [7, 11) is 3.18. The number of methoxy groups -OCH3 is 2. The van der Waals surface area contributed by atoms with Crippen molar-refractivity contribution in [1.82, 2.24) is 0 Å². The second kappa shape index (κ2) is 13.9. The first-order chi connectivity index (χ1) is 20.2. The molecule has 4 rings (SSSR count). The number of hydrogen-bond acceptors (Lipinski definition) is 6. The van der Waals surface area contributed by atoms with Crippen LogP contribution < -0.4 is 18.9 Å². The van der Waals surface area contributed by atoms with E-state index in [4.69, 9.17) is 18.9 Å². The molecule has 0 aromatic heterocycles. The summed E-state index contributed by atoms with van der Waals surface area (Å²) in [4.78, 5) is 11.8. The molecule has 220 valence electrons. The van der Waals surface area contributed by atoms with Crippen LogP contribution in [0.25, 0.3) is 0 Å². The second-order valence-electron chi connectivity index (χ2n) is 10.3. The lowest BCUT2D eigenvalue weighted by Crippen LogP contribution is -2.26. The minimum absolute atomic E-state index is 0.101. The number of ether oxygens (including phenoxy) is 4. The number of carboxylic acid groups (broad SMARTS) is 1. The molecule has 4 aromatic rings. The van der Waals surface area contributed by atoms with Crippen LogP contribution in [0.3, 0.4) is 0 Å². The lowest BCUT2D eigenvalue weighted by Gasteiger charge is -2.26. The molecule has 0 spiro atoms. The molecule has 0 unspecified atom stereocenters. The van der Waals surface area contributed by atoms with Crippen molar-refractivity contribution in [1.29, 1.82) is 0 Å². The molecule has 0 saturated heterocycles. The highest BCUT2D eigenvalue weighted by Gasteiger charge is 2.25. The molecule has 0 amide bonds. The molecular weight excluding hydrogens is 532 g/mol. The van der Waals surface area contributed by atoms with Crippen molar-refractivity contribution >= 4 is 5.97 Å². The molecule has 0 aliphatic carbocycles. The number of aromatic carboxylic acids is 1. The Hall–Kier alpha value is -4.49. The zero-order valence-electron chi connectivity index (χ0n) is 24.7. The van der Waals surface area contributed by atoms with Gasteiger partial charge < -0.3 is 29.2 Å². The van der Waals surface area contributed by atoms with E-state index in [-0.39, 0.29) is 5.56 Å². The molecule has 0 saturated carbocycles. The highest BCUT2D eigenvalue weighted by atomic mass is 16.5. The fourth-order valence-corrected chi connectivity index (χ4v) is 4.89. The third-order valence-corrected chi connectivity index (χ3v) is 7.50. The Morgan fingerprint density at radius 3 is 2.02 bits per heavy atom. The summed E-state index contributed by atoms with van der Waals surface area (Å²) in [5, 5.41) is 21.2. The normalized spacial score (nSPS) is 12.3. The van der Waals surface area contributed by atoms with E-state index in [1.54, 1.807) is 50.6 Å². The zero-order chi connectivity index (χ0) is 30.2. The molecule has 4 aromatic carbocycles. The van der Waals surface area contributed by atoms with Crippen molar-refractivity contribution in [3.8, 4) is 28.7 Å². The second-order valence-corrected chi connectivity index (χ2v) is 10.3. The van der Waals surface area contributed by atoms with Gasteiger partial charge in [0.1, 0.15) is 46.5 Å². The molecule has 0 radical (unpaired) electrons. The topological polar surface area (TPSA) is 94.5 Å². The summed E-state index contributed by atoms with van der Waals surface area (Å²) in [6.45, 7) is 5.65. The summed E-state index contributed by atoms with van der Waals surface area (Å²) < 4.78 is 23.5. The molecule has 0 aliphatic rings. The first-order valence-corrected chi connectivity index (χ1v) is 13.9. The number of aryl methyl sites for hydroxylation is 2. The lowest BCUT2D eigenvalue weighted by molar-refractivity contribution is 0.0289. The molecule has 7 heteroatoms. The number of carboxylic acids is 1. The predicted molar refractivity (Wildman–Crippen MR) is 162 cm³/mol. The Kier molecular flexibility index (Phi) is 10.1. The van der Waals surface area contributed by atoms with Gasteiger partial charge in [-0.3, -0.25) is 0 Å². The van der Waals surface area contributed by atoms with Crippen molar-refractivity contribution in [2.24, 2.45) is 0 Å². The van der Waals surface area contributed by atoms with Crippen molar-refractivity contribution in [2.75, 3.05) is 14.2 Å². The maximum absolute atomic E-state index is 11.8. The first-order valence-electron chi connectivity index (χ1n) is 13.9. The number of aliphatic hydroxyl groups is 1. The maximum Gasteiger partial charge on any atom is 0.339 e. The van der Waals surface area contributed by atoms with Crippen LogP contribution in [-0.2, 0) is 6.42 Å². The fraction of sp³-hybridized carbons (Fsp3) is 0.286. The third-order valence-electron chi connectivity index (χ3n) is 7.50. The van der Waals surface area contributed by atoms with E-state index >= 15 is 0 Å². The van der Waals surface area contributed by atoms with Crippen LogP contribution in [0.4, 0.5) is 0 Å². The molecule has 0 heterocycles. The molecule has 0 bridgehead atoms. The highest BCUT2D eigenvalue weighted by molar-refractivity contribution is 5.91. The largest absolute Gasteiger partial charge is 0.496 e. The molecule has 0 aliphatic heterocycles. The van der Waals surface area contributed by atoms with Gasteiger partial charge in [-0.25, -0.2) is 4.79 Å². The van der Waals surface area contributed by atoms with E-state index in [0.29, 0.717) is 40.7 Å². The van der Waals surface area contributed by atoms with Gasteiger partial charge in [0, 0.05) is 5.56 Å². The summed E-state index contributed by atoms with van der Waals surface area (Å²) in [5.74, 6) is 1.54. The number of benzene rings is 4. The summed E-state index contributed by atoms with van der Waals surface area (Å²) >= 11 is 0.